The van der Waals surface area contributed by atoms with Crippen LogP contribution >= 0.6 is 0 Å². The lowest BCUT2D eigenvalue weighted by atomic mass is 9.99. The number of hydrogen-bond acceptors (Lipinski definition) is 5. The van der Waals surface area contributed by atoms with Crippen LogP contribution in [0.25, 0.3) is 0 Å². The molecule has 1 aliphatic heterocycles. The van der Waals surface area contributed by atoms with E-state index in [4.69, 9.17) is 10.9 Å². The fourth-order valence-electron chi connectivity index (χ4n) is 2.17. The van der Waals surface area contributed by atoms with Crippen molar-refractivity contribution in [2.75, 3.05) is 13.1 Å². The third kappa shape index (κ3) is 2.73. The first kappa shape index (κ1) is 14.7. The Bertz CT molecular complexity index is 620. The van der Waals surface area contributed by atoms with Gasteiger partial charge in [-0.25, -0.2) is 17.8 Å². The number of amidine groups is 1. The van der Waals surface area contributed by atoms with Gasteiger partial charge in [0.05, 0.1) is 0 Å². The molecule has 1 atom stereocenters. The van der Waals surface area contributed by atoms with Crippen LogP contribution in [0, 0.1) is 11.7 Å². The second kappa shape index (κ2) is 5.71. The van der Waals surface area contributed by atoms with Crippen LogP contribution < -0.4 is 5.73 Å². The largest absolute Gasteiger partial charge is 0.409 e. The SMILES string of the molecule is N/C(=N/O)C1CCCN(S(=O)(=O)c2ncccc2F)C1. The van der Waals surface area contributed by atoms with Gasteiger partial charge in [0.1, 0.15) is 5.84 Å². The van der Waals surface area contributed by atoms with Gasteiger partial charge in [0.25, 0.3) is 10.0 Å². The molecule has 0 aliphatic carbocycles. The molecular formula is C11H15FN4O3S. The minimum atomic E-state index is -4.01. The summed E-state index contributed by atoms with van der Waals surface area (Å²) in [7, 11) is -4.01. The fourth-order valence-corrected chi connectivity index (χ4v) is 3.67. The Kier molecular flexibility index (Phi) is 4.19. The lowest BCUT2D eigenvalue weighted by Crippen LogP contribution is -2.44. The minimum Gasteiger partial charge on any atom is -0.409 e. The number of aromatic nitrogens is 1. The van der Waals surface area contributed by atoms with E-state index in [0.29, 0.717) is 12.8 Å². The van der Waals surface area contributed by atoms with Gasteiger partial charge in [0.2, 0.25) is 5.03 Å². The van der Waals surface area contributed by atoms with E-state index in [2.05, 4.69) is 10.1 Å². The highest BCUT2D eigenvalue weighted by Crippen LogP contribution is 2.24. The molecule has 0 bridgehead atoms. The number of pyridine rings is 1. The number of nitrogens with two attached hydrogens (primary N) is 1. The molecule has 1 aliphatic rings. The highest BCUT2D eigenvalue weighted by Gasteiger charge is 2.34. The number of piperidine rings is 1. The van der Waals surface area contributed by atoms with E-state index < -0.39 is 20.9 Å². The molecule has 2 heterocycles. The van der Waals surface area contributed by atoms with Crippen LogP contribution in [0.3, 0.4) is 0 Å². The third-order valence-electron chi connectivity index (χ3n) is 3.23. The van der Waals surface area contributed by atoms with Gasteiger partial charge in [-0.3, -0.25) is 0 Å². The van der Waals surface area contributed by atoms with E-state index in [9.17, 15) is 12.8 Å². The Morgan fingerprint density at radius 1 is 1.60 bits per heavy atom. The Labute approximate surface area is 116 Å². The van der Waals surface area contributed by atoms with Crippen LogP contribution in [-0.2, 0) is 10.0 Å². The summed E-state index contributed by atoms with van der Waals surface area (Å²) in [5.41, 5.74) is 5.51. The number of oxime groups is 1. The number of sulfonamides is 1. The molecule has 0 amide bonds. The molecule has 9 heteroatoms. The van der Waals surface area contributed by atoms with Crippen LogP contribution in [0.4, 0.5) is 4.39 Å². The molecule has 0 saturated carbocycles. The molecular weight excluding hydrogens is 287 g/mol. The van der Waals surface area contributed by atoms with E-state index in [1.54, 1.807) is 0 Å². The molecule has 2 rings (SSSR count). The van der Waals surface area contributed by atoms with Crippen molar-refractivity contribution in [1.29, 1.82) is 0 Å². The number of nitrogens with zero attached hydrogens (tertiary/aromatic N) is 3. The Hall–Kier alpha value is -1.74. The minimum absolute atomic E-state index is 0.0219. The van der Waals surface area contributed by atoms with Crippen molar-refractivity contribution >= 4 is 15.9 Å². The van der Waals surface area contributed by atoms with Crippen molar-refractivity contribution in [3.8, 4) is 0 Å². The molecule has 110 valence electrons. The summed E-state index contributed by atoms with van der Waals surface area (Å²) in [4.78, 5) is 3.60. The van der Waals surface area contributed by atoms with Gasteiger partial charge >= 0.3 is 0 Å². The second-order valence-electron chi connectivity index (χ2n) is 4.52. The van der Waals surface area contributed by atoms with Gasteiger partial charge in [0, 0.05) is 25.2 Å². The summed E-state index contributed by atoms with van der Waals surface area (Å²) in [5, 5.41) is 11.0. The van der Waals surface area contributed by atoms with Crippen LogP contribution in [0.2, 0.25) is 0 Å². The average molecular weight is 302 g/mol. The summed E-state index contributed by atoms with van der Waals surface area (Å²) in [6.07, 6.45) is 2.39. The molecule has 1 aromatic heterocycles. The molecule has 0 aromatic carbocycles. The van der Waals surface area contributed by atoms with Gasteiger partial charge in [0.15, 0.2) is 5.82 Å². The molecule has 20 heavy (non-hydrogen) atoms. The third-order valence-corrected chi connectivity index (χ3v) is 5.03. The summed E-state index contributed by atoms with van der Waals surface area (Å²) >= 11 is 0. The molecule has 3 N–H and O–H groups in total. The second-order valence-corrected chi connectivity index (χ2v) is 6.37. The molecule has 0 spiro atoms. The molecule has 0 radical (unpaired) electrons. The summed E-state index contributed by atoms with van der Waals surface area (Å²) in [6.45, 7) is 0.307. The first-order valence-corrected chi connectivity index (χ1v) is 7.49. The number of halogens is 1. The van der Waals surface area contributed by atoms with Gasteiger partial charge in [-0.15, -0.1) is 0 Å². The first-order chi connectivity index (χ1) is 9.46. The van der Waals surface area contributed by atoms with Gasteiger partial charge in [-0.05, 0) is 25.0 Å². The van der Waals surface area contributed by atoms with Gasteiger partial charge in [-0.1, -0.05) is 5.16 Å². The molecule has 1 unspecified atom stereocenters. The Morgan fingerprint density at radius 2 is 2.35 bits per heavy atom. The zero-order chi connectivity index (χ0) is 14.8. The van der Waals surface area contributed by atoms with Crippen LogP contribution in [0.1, 0.15) is 12.8 Å². The van der Waals surface area contributed by atoms with Crippen molar-refractivity contribution < 1.29 is 18.0 Å². The number of rotatable bonds is 3. The van der Waals surface area contributed by atoms with E-state index in [1.165, 1.54) is 12.3 Å². The van der Waals surface area contributed by atoms with Crippen molar-refractivity contribution in [3.63, 3.8) is 0 Å². The lowest BCUT2D eigenvalue weighted by Gasteiger charge is -2.30. The highest BCUT2D eigenvalue weighted by atomic mass is 32.2. The van der Waals surface area contributed by atoms with Crippen molar-refractivity contribution in [2.45, 2.75) is 17.9 Å². The molecule has 7 nitrogen and oxygen atoms in total. The van der Waals surface area contributed by atoms with Crippen molar-refractivity contribution in [1.82, 2.24) is 9.29 Å². The highest BCUT2D eigenvalue weighted by molar-refractivity contribution is 7.89. The normalized spacial score (nSPS) is 21.9. The lowest BCUT2D eigenvalue weighted by molar-refractivity contribution is 0.286. The monoisotopic (exact) mass is 302 g/mol. The van der Waals surface area contributed by atoms with Crippen LogP contribution in [-0.4, -0.2) is 41.8 Å². The van der Waals surface area contributed by atoms with E-state index in [-0.39, 0.29) is 24.8 Å². The van der Waals surface area contributed by atoms with E-state index in [1.807, 2.05) is 0 Å². The van der Waals surface area contributed by atoms with Gasteiger partial charge in [-0.2, -0.15) is 4.31 Å². The van der Waals surface area contributed by atoms with Crippen molar-refractivity contribution in [3.05, 3.63) is 24.1 Å². The summed E-state index contributed by atoms with van der Waals surface area (Å²) < 4.78 is 39.4. The quantitative estimate of drug-likeness (QED) is 0.363. The molecule has 1 aromatic rings. The molecule has 1 saturated heterocycles. The Morgan fingerprint density at radius 3 is 3.00 bits per heavy atom. The summed E-state index contributed by atoms with van der Waals surface area (Å²) in [6, 6.07) is 2.37. The standard InChI is InChI=1S/C11H15FN4O3S/c12-9-4-1-5-14-11(9)20(18,19)16-6-2-3-8(7-16)10(13)15-17/h1,4-5,8,17H,2-3,6-7H2,(H2,13,15). The maximum Gasteiger partial charge on any atom is 0.263 e. The van der Waals surface area contributed by atoms with Crippen molar-refractivity contribution in [2.24, 2.45) is 16.8 Å². The maximum atomic E-state index is 13.6. The smallest absolute Gasteiger partial charge is 0.263 e. The van der Waals surface area contributed by atoms with Crippen LogP contribution in [0.5, 0.6) is 0 Å². The van der Waals surface area contributed by atoms with E-state index >= 15 is 0 Å². The first-order valence-electron chi connectivity index (χ1n) is 6.05. The zero-order valence-electron chi connectivity index (χ0n) is 10.6. The zero-order valence-corrected chi connectivity index (χ0v) is 11.4. The fraction of sp³-hybridized carbons (Fsp3) is 0.455. The topological polar surface area (TPSA) is 109 Å². The number of hydrogen-bond donors (Lipinski definition) is 2. The average Bonchev–Trinajstić information content (AvgIpc) is 2.47. The molecule has 1 fully saturated rings. The van der Waals surface area contributed by atoms with Crippen LogP contribution in [0.15, 0.2) is 28.5 Å². The predicted octanol–water partition coefficient (Wildman–Crippen LogP) is 0.368. The maximum absolute atomic E-state index is 13.6. The van der Waals surface area contributed by atoms with E-state index in [0.717, 1.165) is 10.4 Å². The van der Waals surface area contributed by atoms with Gasteiger partial charge < -0.3 is 10.9 Å². The summed E-state index contributed by atoms with van der Waals surface area (Å²) in [5.74, 6) is -1.29. The Balaban J connectivity index is 2.29. The predicted molar refractivity (Wildman–Crippen MR) is 69.1 cm³/mol.